The largest absolute Gasteiger partial charge is 0.493 e. The van der Waals surface area contributed by atoms with Gasteiger partial charge in [0.1, 0.15) is 0 Å². The quantitative estimate of drug-likeness (QED) is 0.320. The number of fused-ring (bicyclic) bond motifs is 1. The van der Waals surface area contributed by atoms with E-state index in [9.17, 15) is 22.8 Å². The number of methoxy groups -OCH3 is 2. The van der Waals surface area contributed by atoms with E-state index < -0.39 is 35.9 Å². The highest BCUT2D eigenvalue weighted by molar-refractivity contribution is 6.05. The van der Waals surface area contributed by atoms with E-state index in [4.69, 9.17) is 14.2 Å². The van der Waals surface area contributed by atoms with Gasteiger partial charge in [-0.15, -0.1) is 0 Å². The molecule has 4 aromatic rings. The highest BCUT2D eigenvalue weighted by Crippen LogP contribution is 2.35. The minimum atomic E-state index is -4.66. The maximum absolute atomic E-state index is 13.2. The van der Waals surface area contributed by atoms with Crippen LogP contribution in [0.25, 0.3) is 22.2 Å². The van der Waals surface area contributed by atoms with Crippen molar-refractivity contribution < 1.29 is 37.0 Å². The molecule has 0 aliphatic rings. The molecule has 1 heterocycles. The summed E-state index contributed by atoms with van der Waals surface area (Å²) in [7, 11) is 3.01. The maximum Gasteiger partial charge on any atom is 0.418 e. The summed E-state index contributed by atoms with van der Waals surface area (Å²) in [6, 6.07) is 18.1. The monoisotopic (exact) mass is 510 g/mol. The van der Waals surface area contributed by atoms with Crippen molar-refractivity contribution in [1.82, 2.24) is 4.98 Å². The number of pyridine rings is 1. The SMILES string of the molecule is COc1ccc(-c2cc(C(=O)OCC(=O)Nc3ccccc3C(F)(F)F)c3ccccc3n2)cc1OC. The lowest BCUT2D eigenvalue weighted by atomic mass is 10.0. The number of carbonyl (C=O) groups is 2. The van der Waals surface area contributed by atoms with Crippen LogP contribution in [-0.4, -0.2) is 37.7 Å². The highest BCUT2D eigenvalue weighted by Gasteiger charge is 2.33. The van der Waals surface area contributed by atoms with Gasteiger partial charge in [0.2, 0.25) is 0 Å². The summed E-state index contributed by atoms with van der Waals surface area (Å²) >= 11 is 0. The van der Waals surface area contributed by atoms with Gasteiger partial charge in [0, 0.05) is 10.9 Å². The third kappa shape index (κ3) is 5.64. The van der Waals surface area contributed by atoms with Crippen molar-refractivity contribution in [1.29, 1.82) is 0 Å². The number of amides is 1. The molecule has 0 saturated carbocycles. The Balaban J connectivity index is 1.59. The Morgan fingerprint density at radius 3 is 2.32 bits per heavy atom. The smallest absolute Gasteiger partial charge is 0.418 e. The van der Waals surface area contributed by atoms with Crippen LogP contribution in [0.15, 0.2) is 72.8 Å². The Hall–Kier alpha value is -4.60. The van der Waals surface area contributed by atoms with Crippen molar-refractivity contribution >= 4 is 28.5 Å². The molecule has 0 saturated heterocycles. The topological polar surface area (TPSA) is 86.8 Å². The van der Waals surface area contributed by atoms with Gasteiger partial charge in [-0.25, -0.2) is 9.78 Å². The molecule has 3 aromatic carbocycles. The second kappa shape index (κ2) is 10.6. The molecule has 0 unspecified atom stereocenters. The van der Waals surface area contributed by atoms with Gasteiger partial charge >= 0.3 is 12.1 Å². The zero-order chi connectivity index (χ0) is 26.6. The molecule has 4 rings (SSSR count). The zero-order valence-corrected chi connectivity index (χ0v) is 19.8. The number of carbonyl (C=O) groups excluding carboxylic acids is 2. The number of nitrogens with zero attached hydrogens (tertiary/aromatic N) is 1. The number of aromatic nitrogens is 1. The summed E-state index contributed by atoms with van der Waals surface area (Å²) in [6.07, 6.45) is -4.66. The van der Waals surface area contributed by atoms with E-state index in [0.29, 0.717) is 33.7 Å². The van der Waals surface area contributed by atoms with Gasteiger partial charge < -0.3 is 19.5 Å². The predicted molar refractivity (Wildman–Crippen MR) is 131 cm³/mol. The van der Waals surface area contributed by atoms with E-state index in [1.165, 1.54) is 32.4 Å². The summed E-state index contributed by atoms with van der Waals surface area (Å²) in [4.78, 5) is 29.9. The second-order valence-corrected chi connectivity index (χ2v) is 7.81. The molecule has 0 aliphatic carbocycles. The number of halogens is 3. The van der Waals surface area contributed by atoms with Crippen LogP contribution in [0.3, 0.4) is 0 Å². The normalized spacial score (nSPS) is 11.2. The summed E-state index contributed by atoms with van der Waals surface area (Å²) in [6.45, 7) is -0.784. The van der Waals surface area contributed by atoms with Crippen LogP contribution in [0.1, 0.15) is 15.9 Å². The molecule has 1 aromatic heterocycles. The standard InChI is InChI=1S/C27H21F3N2O5/c1-35-23-12-11-16(13-24(23)36-2)22-14-18(17-7-3-5-9-20(17)31-22)26(34)37-15-25(33)32-21-10-6-4-8-19(21)27(28,29)30/h3-14H,15H2,1-2H3,(H,32,33). The molecule has 0 fully saturated rings. The van der Waals surface area contributed by atoms with E-state index in [-0.39, 0.29) is 5.56 Å². The van der Waals surface area contributed by atoms with Crippen molar-refractivity contribution in [3.8, 4) is 22.8 Å². The molecule has 0 radical (unpaired) electrons. The fourth-order valence-electron chi connectivity index (χ4n) is 3.72. The summed E-state index contributed by atoms with van der Waals surface area (Å²) in [5.41, 5.74) is 0.286. The molecule has 10 heteroatoms. The molecule has 0 bridgehead atoms. The summed E-state index contributed by atoms with van der Waals surface area (Å²) in [5, 5.41) is 2.63. The number of hydrogen-bond acceptors (Lipinski definition) is 6. The predicted octanol–water partition coefficient (Wildman–Crippen LogP) is 5.73. The van der Waals surface area contributed by atoms with Crippen LogP contribution >= 0.6 is 0 Å². The van der Waals surface area contributed by atoms with Crippen molar-refractivity contribution in [3.05, 3.63) is 83.9 Å². The maximum atomic E-state index is 13.2. The third-order valence-corrected chi connectivity index (χ3v) is 5.46. The number of rotatable bonds is 7. The first kappa shape index (κ1) is 25.5. The van der Waals surface area contributed by atoms with Crippen LogP contribution in [0.4, 0.5) is 18.9 Å². The zero-order valence-electron chi connectivity index (χ0n) is 19.8. The third-order valence-electron chi connectivity index (χ3n) is 5.46. The number of benzene rings is 3. The first-order valence-corrected chi connectivity index (χ1v) is 11.0. The number of anilines is 1. The van der Waals surface area contributed by atoms with Crippen LogP contribution in [0.2, 0.25) is 0 Å². The molecule has 0 spiro atoms. The Morgan fingerprint density at radius 1 is 0.892 bits per heavy atom. The Kier molecular flexibility index (Phi) is 7.28. The summed E-state index contributed by atoms with van der Waals surface area (Å²) < 4.78 is 55.4. The fraction of sp³-hybridized carbons (Fsp3) is 0.148. The van der Waals surface area contributed by atoms with Gasteiger partial charge in [-0.3, -0.25) is 4.79 Å². The Bertz CT molecular complexity index is 1470. The number of nitrogens with one attached hydrogen (secondary N) is 1. The molecule has 37 heavy (non-hydrogen) atoms. The van der Waals surface area contributed by atoms with Crippen LogP contribution in [0, 0.1) is 0 Å². The number of ether oxygens (including phenoxy) is 3. The molecular formula is C27H21F3N2O5. The minimum Gasteiger partial charge on any atom is -0.493 e. The number of esters is 1. The molecule has 1 N–H and O–H groups in total. The molecule has 190 valence electrons. The number of para-hydroxylation sites is 2. The molecule has 7 nitrogen and oxygen atoms in total. The van der Waals surface area contributed by atoms with E-state index in [0.717, 1.165) is 12.1 Å². The second-order valence-electron chi connectivity index (χ2n) is 7.81. The Labute approximate surface area is 209 Å². The molecule has 0 atom stereocenters. The lowest BCUT2D eigenvalue weighted by molar-refractivity contribution is -0.137. The van der Waals surface area contributed by atoms with E-state index in [2.05, 4.69) is 10.3 Å². The summed E-state index contributed by atoms with van der Waals surface area (Å²) in [5.74, 6) is -0.761. The number of hydrogen-bond donors (Lipinski definition) is 1. The van der Waals surface area contributed by atoms with Gasteiger partial charge in [-0.2, -0.15) is 13.2 Å². The van der Waals surface area contributed by atoms with Crippen molar-refractivity contribution in [2.24, 2.45) is 0 Å². The lowest BCUT2D eigenvalue weighted by Gasteiger charge is -2.14. The average molecular weight is 510 g/mol. The fourth-order valence-corrected chi connectivity index (χ4v) is 3.72. The lowest BCUT2D eigenvalue weighted by Crippen LogP contribution is -2.23. The van der Waals surface area contributed by atoms with Crippen LogP contribution < -0.4 is 14.8 Å². The van der Waals surface area contributed by atoms with E-state index in [1.54, 1.807) is 42.5 Å². The van der Waals surface area contributed by atoms with Gasteiger partial charge in [0.05, 0.1) is 42.2 Å². The van der Waals surface area contributed by atoms with Gasteiger partial charge in [0.25, 0.3) is 5.91 Å². The van der Waals surface area contributed by atoms with Crippen LogP contribution in [0.5, 0.6) is 11.5 Å². The Morgan fingerprint density at radius 2 is 1.59 bits per heavy atom. The van der Waals surface area contributed by atoms with E-state index in [1.807, 2.05) is 0 Å². The average Bonchev–Trinajstić information content (AvgIpc) is 2.90. The van der Waals surface area contributed by atoms with Gasteiger partial charge in [-0.05, 0) is 42.5 Å². The van der Waals surface area contributed by atoms with Gasteiger partial charge in [-0.1, -0.05) is 30.3 Å². The first-order chi connectivity index (χ1) is 17.7. The molecular weight excluding hydrogens is 489 g/mol. The van der Waals surface area contributed by atoms with Crippen molar-refractivity contribution in [3.63, 3.8) is 0 Å². The van der Waals surface area contributed by atoms with Crippen molar-refractivity contribution in [2.45, 2.75) is 6.18 Å². The van der Waals surface area contributed by atoms with Crippen molar-refractivity contribution in [2.75, 3.05) is 26.1 Å². The minimum absolute atomic E-state index is 0.138. The molecule has 1 amide bonds. The first-order valence-electron chi connectivity index (χ1n) is 11.0. The highest BCUT2D eigenvalue weighted by atomic mass is 19.4. The van der Waals surface area contributed by atoms with E-state index >= 15 is 0 Å². The van der Waals surface area contributed by atoms with Gasteiger partial charge in [0.15, 0.2) is 18.1 Å². The number of alkyl halides is 3. The molecule has 0 aliphatic heterocycles. The van der Waals surface area contributed by atoms with Crippen LogP contribution in [-0.2, 0) is 15.7 Å².